The SMILES string of the molecule is Cc1c(C)c(NNC(N)=S)c(C)c(C)c1N=NC(N)=S. The number of nitrogens with zero attached hydrogens (tertiary/aromatic N) is 2. The number of thiocarbonyl (C=S) groups is 2. The Morgan fingerprint density at radius 1 is 0.950 bits per heavy atom. The average Bonchev–Trinajstić information content (AvgIpc) is 2.35. The van der Waals surface area contributed by atoms with Crippen LogP contribution in [0, 0.1) is 27.7 Å². The van der Waals surface area contributed by atoms with E-state index < -0.39 is 0 Å². The molecule has 0 saturated carbocycles. The van der Waals surface area contributed by atoms with Gasteiger partial charge in [0.1, 0.15) is 0 Å². The van der Waals surface area contributed by atoms with E-state index >= 15 is 0 Å². The molecule has 0 amide bonds. The Balaban J connectivity index is 3.33. The van der Waals surface area contributed by atoms with Crippen LogP contribution in [0.1, 0.15) is 22.3 Å². The molecular weight excluding hydrogens is 292 g/mol. The Morgan fingerprint density at radius 3 is 1.85 bits per heavy atom. The zero-order valence-corrected chi connectivity index (χ0v) is 13.5. The first-order chi connectivity index (χ1) is 9.25. The molecule has 0 heterocycles. The summed E-state index contributed by atoms with van der Waals surface area (Å²) in [6, 6.07) is 0. The van der Waals surface area contributed by atoms with Crippen molar-refractivity contribution in [2.45, 2.75) is 27.7 Å². The molecule has 1 aromatic carbocycles. The summed E-state index contributed by atoms with van der Waals surface area (Å²) in [5.41, 5.74) is 22.2. The fourth-order valence-electron chi connectivity index (χ4n) is 1.85. The smallest absolute Gasteiger partial charge is 0.211 e. The van der Waals surface area contributed by atoms with Crippen molar-refractivity contribution in [3.05, 3.63) is 22.3 Å². The first-order valence-electron chi connectivity index (χ1n) is 5.88. The van der Waals surface area contributed by atoms with Crippen molar-refractivity contribution in [3.8, 4) is 0 Å². The highest BCUT2D eigenvalue weighted by Crippen LogP contribution is 2.35. The molecule has 8 heteroatoms. The first kappa shape index (κ1) is 16.3. The number of nitrogens with one attached hydrogen (secondary N) is 2. The number of azo groups is 1. The highest BCUT2D eigenvalue weighted by Gasteiger charge is 2.14. The maximum atomic E-state index is 5.42. The number of hydrogen-bond acceptors (Lipinski definition) is 4. The number of rotatable bonds is 3. The Bertz CT molecular complexity index is 565. The molecule has 1 aromatic rings. The van der Waals surface area contributed by atoms with Crippen LogP contribution in [0.15, 0.2) is 10.2 Å². The maximum absolute atomic E-state index is 5.42. The molecule has 108 valence electrons. The Labute approximate surface area is 129 Å². The first-order valence-corrected chi connectivity index (χ1v) is 6.70. The van der Waals surface area contributed by atoms with Crippen molar-refractivity contribution in [3.63, 3.8) is 0 Å². The molecule has 1 rings (SSSR count). The van der Waals surface area contributed by atoms with E-state index in [-0.39, 0.29) is 10.2 Å². The second-order valence-electron chi connectivity index (χ2n) is 4.38. The van der Waals surface area contributed by atoms with E-state index in [2.05, 4.69) is 21.1 Å². The van der Waals surface area contributed by atoms with Gasteiger partial charge in [0.05, 0.1) is 11.4 Å². The predicted octanol–water partition coefficient (Wildman–Crippen LogP) is 2.41. The van der Waals surface area contributed by atoms with Crippen molar-refractivity contribution >= 4 is 46.0 Å². The lowest BCUT2D eigenvalue weighted by molar-refractivity contribution is 1.08. The van der Waals surface area contributed by atoms with Crippen LogP contribution in [0.4, 0.5) is 11.4 Å². The molecule has 0 saturated heterocycles. The lowest BCUT2D eigenvalue weighted by Gasteiger charge is -2.19. The molecule has 0 bridgehead atoms. The summed E-state index contributed by atoms with van der Waals surface area (Å²) in [5, 5.41) is 8.07. The molecule has 0 spiro atoms. The lowest BCUT2D eigenvalue weighted by Crippen LogP contribution is -2.34. The Kier molecular flexibility index (Phi) is 5.34. The van der Waals surface area contributed by atoms with E-state index in [0.717, 1.165) is 33.6 Å². The van der Waals surface area contributed by atoms with Crippen LogP contribution in [0.3, 0.4) is 0 Å². The summed E-state index contributed by atoms with van der Waals surface area (Å²) in [6.45, 7) is 7.87. The van der Waals surface area contributed by atoms with E-state index in [4.69, 9.17) is 35.9 Å². The van der Waals surface area contributed by atoms with Crippen molar-refractivity contribution < 1.29 is 0 Å². The minimum atomic E-state index is 0.0106. The summed E-state index contributed by atoms with van der Waals surface area (Å²) in [5.74, 6) is 0. The molecule has 0 radical (unpaired) electrons. The van der Waals surface area contributed by atoms with Gasteiger partial charge in [-0.25, -0.2) is 0 Å². The van der Waals surface area contributed by atoms with E-state index in [0.29, 0.717) is 0 Å². The summed E-state index contributed by atoms with van der Waals surface area (Å²) in [7, 11) is 0. The zero-order chi connectivity index (χ0) is 15.4. The van der Waals surface area contributed by atoms with Gasteiger partial charge in [-0.2, -0.15) is 0 Å². The third kappa shape index (κ3) is 3.61. The van der Waals surface area contributed by atoms with Gasteiger partial charge in [0.2, 0.25) is 5.11 Å². The molecule has 0 atom stereocenters. The van der Waals surface area contributed by atoms with Crippen molar-refractivity contribution in [1.29, 1.82) is 0 Å². The summed E-state index contributed by atoms with van der Waals surface area (Å²) < 4.78 is 0. The second-order valence-corrected chi connectivity index (χ2v) is 5.23. The van der Waals surface area contributed by atoms with Crippen molar-refractivity contribution in [2.75, 3.05) is 5.43 Å². The fraction of sp³-hybridized carbons (Fsp3) is 0.333. The Hall–Kier alpha value is -1.80. The van der Waals surface area contributed by atoms with E-state index in [1.54, 1.807) is 0 Å². The van der Waals surface area contributed by atoms with Gasteiger partial charge in [-0.3, -0.25) is 10.9 Å². The summed E-state index contributed by atoms with van der Waals surface area (Å²) in [6.07, 6.45) is 0. The largest absolute Gasteiger partial charge is 0.375 e. The van der Waals surface area contributed by atoms with Crippen LogP contribution in [0.5, 0.6) is 0 Å². The zero-order valence-electron chi connectivity index (χ0n) is 11.9. The molecular formula is C12H18N6S2. The normalized spacial score (nSPS) is 10.6. The van der Waals surface area contributed by atoms with E-state index in [1.165, 1.54) is 0 Å². The molecule has 0 aliphatic rings. The minimum absolute atomic E-state index is 0.0106. The lowest BCUT2D eigenvalue weighted by atomic mass is 9.96. The van der Waals surface area contributed by atoms with Gasteiger partial charge in [0.15, 0.2) is 5.11 Å². The highest BCUT2D eigenvalue weighted by atomic mass is 32.1. The standard InChI is InChI=1S/C12H18N6S2/c1-5-6(2)10(16-18-12(14)20)8(4)7(3)9(5)15-17-11(13)19/h15H,1-4H3,(H2,14,20)(H3,13,17,19). The van der Waals surface area contributed by atoms with Gasteiger partial charge in [0.25, 0.3) is 0 Å². The molecule has 0 unspecified atom stereocenters. The molecule has 0 fully saturated rings. The number of hydrazine groups is 1. The van der Waals surface area contributed by atoms with E-state index in [1.807, 2.05) is 27.7 Å². The monoisotopic (exact) mass is 310 g/mol. The van der Waals surface area contributed by atoms with E-state index in [9.17, 15) is 0 Å². The molecule has 0 aliphatic carbocycles. The molecule has 6 nitrogen and oxygen atoms in total. The van der Waals surface area contributed by atoms with Gasteiger partial charge < -0.3 is 11.5 Å². The van der Waals surface area contributed by atoms with Crippen LogP contribution in [0.25, 0.3) is 0 Å². The van der Waals surface area contributed by atoms with Gasteiger partial charge in [-0.05, 0) is 74.4 Å². The van der Waals surface area contributed by atoms with Crippen LogP contribution in [0.2, 0.25) is 0 Å². The third-order valence-corrected chi connectivity index (χ3v) is 3.33. The van der Waals surface area contributed by atoms with Gasteiger partial charge >= 0.3 is 0 Å². The molecule has 0 aromatic heterocycles. The van der Waals surface area contributed by atoms with Crippen LogP contribution < -0.4 is 22.3 Å². The number of anilines is 1. The summed E-state index contributed by atoms with van der Waals surface area (Å²) in [4.78, 5) is 0. The quantitative estimate of drug-likeness (QED) is 0.388. The second kappa shape index (κ2) is 6.58. The maximum Gasteiger partial charge on any atom is 0.211 e. The molecule has 0 aliphatic heterocycles. The van der Waals surface area contributed by atoms with Gasteiger partial charge in [-0.1, -0.05) is 0 Å². The van der Waals surface area contributed by atoms with Gasteiger partial charge in [0, 0.05) is 0 Å². The van der Waals surface area contributed by atoms with Crippen LogP contribution in [-0.4, -0.2) is 10.2 Å². The number of nitrogens with two attached hydrogens (primary N) is 2. The molecule has 20 heavy (non-hydrogen) atoms. The number of benzene rings is 1. The summed E-state index contributed by atoms with van der Waals surface area (Å²) >= 11 is 9.50. The van der Waals surface area contributed by atoms with Crippen molar-refractivity contribution in [1.82, 2.24) is 5.43 Å². The highest BCUT2D eigenvalue weighted by molar-refractivity contribution is 7.80. The minimum Gasteiger partial charge on any atom is -0.375 e. The molecule has 6 N–H and O–H groups in total. The Morgan fingerprint density at radius 2 is 1.45 bits per heavy atom. The van der Waals surface area contributed by atoms with Crippen LogP contribution >= 0.6 is 24.4 Å². The number of hydrogen-bond donors (Lipinski definition) is 4. The average molecular weight is 310 g/mol. The van der Waals surface area contributed by atoms with Gasteiger partial charge in [-0.15, -0.1) is 10.2 Å². The fourth-order valence-corrected chi connectivity index (χ4v) is 1.95. The third-order valence-electron chi connectivity index (χ3n) is 3.14. The van der Waals surface area contributed by atoms with Crippen molar-refractivity contribution in [2.24, 2.45) is 21.7 Å². The topological polar surface area (TPSA) is 101 Å². The van der Waals surface area contributed by atoms with Crippen LogP contribution in [-0.2, 0) is 0 Å². The predicted molar refractivity (Wildman–Crippen MR) is 90.2 cm³/mol.